The van der Waals surface area contributed by atoms with E-state index in [2.05, 4.69) is 4.99 Å². The quantitative estimate of drug-likeness (QED) is 0.175. The van der Waals surface area contributed by atoms with E-state index in [1.54, 1.807) is 43.4 Å². The standard InChI is InChI=1S/C32H29ClN2O5S2/c1-5-39-31(37)28-19(2)34-32-35(29(28)22-9-13-24(41-4)14-10-22)30(36)27(42-32)17-21-8-15-25(26(16-21)38-3)40-18-20-6-11-23(33)12-7-20/h6-17,29H,5,18H2,1-4H3/b27-17+/t29-/m0/s1. The van der Waals surface area contributed by atoms with Crippen LogP contribution in [0.3, 0.4) is 0 Å². The number of halogens is 1. The minimum atomic E-state index is -0.656. The summed E-state index contributed by atoms with van der Waals surface area (Å²) in [6, 6.07) is 20.1. The van der Waals surface area contributed by atoms with Gasteiger partial charge in [-0.3, -0.25) is 9.36 Å². The van der Waals surface area contributed by atoms with Crippen LogP contribution < -0.4 is 24.4 Å². The zero-order valence-corrected chi connectivity index (χ0v) is 25.9. The monoisotopic (exact) mass is 620 g/mol. The maximum atomic E-state index is 13.9. The Kier molecular flexibility index (Phi) is 9.21. The lowest BCUT2D eigenvalue weighted by atomic mass is 9.96. The van der Waals surface area contributed by atoms with E-state index in [9.17, 15) is 9.59 Å². The molecular weight excluding hydrogens is 592 g/mol. The number of thioether (sulfide) groups is 1. The molecule has 10 heteroatoms. The second-order valence-corrected chi connectivity index (χ2v) is 11.7. The van der Waals surface area contributed by atoms with E-state index in [0.29, 0.717) is 43.7 Å². The minimum absolute atomic E-state index is 0.222. The number of benzene rings is 3. The number of methoxy groups -OCH3 is 1. The Morgan fingerprint density at radius 1 is 1.10 bits per heavy atom. The summed E-state index contributed by atoms with van der Waals surface area (Å²) in [6.45, 7) is 4.11. The number of ether oxygens (including phenoxy) is 3. The van der Waals surface area contributed by atoms with Gasteiger partial charge in [0.15, 0.2) is 16.3 Å². The largest absolute Gasteiger partial charge is 0.493 e. The molecule has 1 aliphatic rings. The maximum absolute atomic E-state index is 13.9. The van der Waals surface area contributed by atoms with Crippen LogP contribution in [0.4, 0.5) is 0 Å². The highest BCUT2D eigenvalue weighted by Gasteiger charge is 2.33. The van der Waals surface area contributed by atoms with Crippen molar-refractivity contribution in [2.24, 2.45) is 4.99 Å². The molecule has 42 heavy (non-hydrogen) atoms. The Morgan fingerprint density at radius 3 is 2.50 bits per heavy atom. The van der Waals surface area contributed by atoms with Gasteiger partial charge >= 0.3 is 5.97 Å². The lowest BCUT2D eigenvalue weighted by Gasteiger charge is -2.24. The third kappa shape index (κ3) is 6.18. The van der Waals surface area contributed by atoms with Crippen molar-refractivity contribution in [3.63, 3.8) is 0 Å². The molecule has 0 saturated carbocycles. The van der Waals surface area contributed by atoms with Gasteiger partial charge in [-0.2, -0.15) is 0 Å². The highest BCUT2D eigenvalue weighted by Crippen LogP contribution is 2.32. The van der Waals surface area contributed by atoms with Gasteiger partial charge in [0, 0.05) is 9.92 Å². The summed E-state index contributed by atoms with van der Waals surface area (Å²) in [5, 5.41) is 0.665. The van der Waals surface area contributed by atoms with Crippen molar-refractivity contribution in [2.75, 3.05) is 20.0 Å². The average Bonchev–Trinajstić information content (AvgIpc) is 3.30. The molecule has 0 fully saturated rings. The lowest BCUT2D eigenvalue weighted by Crippen LogP contribution is -2.39. The van der Waals surface area contributed by atoms with Gasteiger partial charge in [-0.05, 0) is 79.3 Å². The topological polar surface area (TPSA) is 79.1 Å². The summed E-state index contributed by atoms with van der Waals surface area (Å²) < 4.78 is 19.0. The van der Waals surface area contributed by atoms with Crippen molar-refractivity contribution in [2.45, 2.75) is 31.4 Å². The number of carbonyl (C=O) groups is 1. The zero-order valence-electron chi connectivity index (χ0n) is 23.5. The normalized spacial score (nSPS) is 14.8. The second-order valence-electron chi connectivity index (χ2n) is 9.40. The fourth-order valence-corrected chi connectivity index (χ4v) is 6.26. The van der Waals surface area contributed by atoms with Crippen LogP contribution in [-0.4, -0.2) is 30.5 Å². The van der Waals surface area contributed by atoms with Gasteiger partial charge in [0.05, 0.1) is 35.6 Å². The van der Waals surface area contributed by atoms with Crippen LogP contribution in [0.15, 0.2) is 92.7 Å². The van der Waals surface area contributed by atoms with E-state index in [0.717, 1.165) is 21.6 Å². The first kappa shape index (κ1) is 29.7. The van der Waals surface area contributed by atoms with Crippen LogP contribution in [-0.2, 0) is 16.1 Å². The van der Waals surface area contributed by atoms with Crippen LogP contribution in [0.25, 0.3) is 6.08 Å². The van der Waals surface area contributed by atoms with Crippen LogP contribution in [0.5, 0.6) is 11.5 Å². The number of fused-ring (bicyclic) bond motifs is 1. The molecule has 2 heterocycles. The van der Waals surface area contributed by atoms with Gasteiger partial charge in [-0.25, -0.2) is 9.79 Å². The molecule has 216 valence electrons. The van der Waals surface area contributed by atoms with Crippen LogP contribution >= 0.6 is 34.7 Å². The van der Waals surface area contributed by atoms with Crippen molar-refractivity contribution in [3.05, 3.63) is 119 Å². The SMILES string of the molecule is CCOC(=O)C1=C(C)N=c2s/c(=C/c3ccc(OCc4ccc(Cl)cc4)c(OC)c3)c(=O)n2[C@H]1c1ccc(SC)cc1. The summed E-state index contributed by atoms with van der Waals surface area (Å²) in [7, 11) is 1.57. The Hall–Kier alpha value is -3.79. The van der Waals surface area contributed by atoms with Crippen molar-refractivity contribution in [3.8, 4) is 11.5 Å². The Balaban J connectivity index is 1.53. The number of nitrogens with zero attached hydrogens (tertiary/aromatic N) is 2. The summed E-state index contributed by atoms with van der Waals surface area (Å²) in [6.07, 6.45) is 3.80. The van der Waals surface area contributed by atoms with Crippen LogP contribution in [0, 0.1) is 0 Å². The fraction of sp³-hybridized carbons (Fsp3) is 0.219. The molecule has 0 radical (unpaired) electrons. The molecule has 1 aliphatic heterocycles. The number of aromatic nitrogens is 1. The number of esters is 1. The maximum Gasteiger partial charge on any atom is 0.338 e. The molecule has 3 aromatic carbocycles. The summed E-state index contributed by atoms with van der Waals surface area (Å²) in [5.41, 5.74) is 3.19. The van der Waals surface area contributed by atoms with Gasteiger partial charge in [-0.1, -0.05) is 53.3 Å². The van der Waals surface area contributed by atoms with Gasteiger partial charge in [0.25, 0.3) is 5.56 Å². The first-order valence-electron chi connectivity index (χ1n) is 13.2. The van der Waals surface area contributed by atoms with E-state index in [-0.39, 0.29) is 12.2 Å². The Labute approximate surface area is 256 Å². The number of carbonyl (C=O) groups excluding carboxylic acids is 1. The molecule has 1 atom stereocenters. The molecule has 0 aliphatic carbocycles. The van der Waals surface area contributed by atoms with Gasteiger partial charge in [0.1, 0.15) is 6.61 Å². The average molecular weight is 621 g/mol. The smallest absolute Gasteiger partial charge is 0.338 e. The Morgan fingerprint density at radius 2 is 1.83 bits per heavy atom. The molecule has 0 spiro atoms. The van der Waals surface area contributed by atoms with Crippen molar-refractivity contribution >= 4 is 46.7 Å². The molecular formula is C32H29ClN2O5S2. The fourth-order valence-electron chi connectivity index (χ4n) is 4.68. The molecule has 7 nitrogen and oxygen atoms in total. The highest BCUT2D eigenvalue weighted by atomic mass is 35.5. The first-order valence-corrected chi connectivity index (χ1v) is 15.6. The number of hydrogen-bond donors (Lipinski definition) is 0. The number of allylic oxidation sites excluding steroid dienone is 1. The van der Waals surface area contributed by atoms with E-state index < -0.39 is 12.0 Å². The highest BCUT2D eigenvalue weighted by molar-refractivity contribution is 7.98. The van der Waals surface area contributed by atoms with E-state index >= 15 is 0 Å². The first-order chi connectivity index (χ1) is 20.3. The number of rotatable bonds is 9. The predicted molar refractivity (Wildman–Crippen MR) is 167 cm³/mol. The molecule has 4 aromatic rings. The Bertz CT molecular complexity index is 1830. The van der Waals surface area contributed by atoms with Gasteiger partial charge in [0.2, 0.25) is 0 Å². The molecule has 5 rings (SSSR count). The molecule has 0 saturated heterocycles. The van der Waals surface area contributed by atoms with Gasteiger partial charge in [-0.15, -0.1) is 11.8 Å². The van der Waals surface area contributed by atoms with E-state index in [1.165, 1.54) is 11.3 Å². The third-order valence-corrected chi connectivity index (χ3v) is 8.72. The molecule has 0 amide bonds. The van der Waals surface area contributed by atoms with Crippen molar-refractivity contribution in [1.82, 2.24) is 4.57 Å². The van der Waals surface area contributed by atoms with Crippen LogP contribution in [0.2, 0.25) is 5.02 Å². The lowest BCUT2D eigenvalue weighted by molar-refractivity contribution is -0.139. The van der Waals surface area contributed by atoms with E-state index in [4.69, 9.17) is 25.8 Å². The third-order valence-electron chi connectivity index (χ3n) is 6.74. The van der Waals surface area contributed by atoms with E-state index in [1.807, 2.05) is 73.0 Å². The summed E-state index contributed by atoms with van der Waals surface area (Å²) in [5.74, 6) is 0.637. The summed E-state index contributed by atoms with van der Waals surface area (Å²) in [4.78, 5) is 33.3. The molecule has 1 aromatic heterocycles. The number of thiazole rings is 1. The summed E-state index contributed by atoms with van der Waals surface area (Å²) >= 11 is 8.88. The zero-order chi connectivity index (χ0) is 29.8. The molecule has 0 unspecified atom stereocenters. The molecule has 0 N–H and O–H groups in total. The predicted octanol–water partition coefficient (Wildman–Crippen LogP) is 5.76. The minimum Gasteiger partial charge on any atom is -0.493 e. The second kappa shape index (κ2) is 13.0. The van der Waals surface area contributed by atoms with Gasteiger partial charge < -0.3 is 14.2 Å². The number of hydrogen-bond acceptors (Lipinski definition) is 8. The van der Waals surface area contributed by atoms with Crippen molar-refractivity contribution in [1.29, 1.82) is 0 Å². The van der Waals surface area contributed by atoms with Crippen LogP contribution in [0.1, 0.15) is 36.6 Å². The molecule has 0 bridgehead atoms. The van der Waals surface area contributed by atoms with Crippen molar-refractivity contribution < 1.29 is 19.0 Å².